The van der Waals surface area contributed by atoms with Crippen LogP contribution in [0.4, 0.5) is 0 Å². The number of hydrogen-bond donors (Lipinski definition) is 1. The second-order valence-corrected chi connectivity index (χ2v) is 4.56. The fourth-order valence-electron chi connectivity index (χ4n) is 1.96. The molecule has 2 rings (SSSR count). The number of aryl methyl sites for hydroxylation is 1. The second kappa shape index (κ2) is 5.46. The van der Waals surface area contributed by atoms with E-state index < -0.39 is 0 Å². The van der Waals surface area contributed by atoms with Crippen LogP contribution in [0.25, 0.3) is 0 Å². The summed E-state index contributed by atoms with van der Waals surface area (Å²) >= 11 is 0. The van der Waals surface area contributed by atoms with Gasteiger partial charge in [0.25, 0.3) is 0 Å². The molecule has 0 unspecified atom stereocenters. The van der Waals surface area contributed by atoms with E-state index >= 15 is 0 Å². The molecule has 0 spiro atoms. The zero-order valence-electron chi connectivity index (χ0n) is 9.85. The second-order valence-electron chi connectivity index (χ2n) is 4.56. The van der Waals surface area contributed by atoms with Gasteiger partial charge in [0.05, 0.1) is 5.69 Å². The summed E-state index contributed by atoms with van der Waals surface area (Å²) in [5.41, 5.74) is 1.02. The predicted molar refractivity (Wildman–Crippen MR) is 61.0 cm³/mol. The van der Waals surface area contributed by atoms with Gasteiger partial charge < -0.3 is 9.63 Å². The van der Waals surface area contributed by atoms with E-state index in [4.69, 9.17) is 9.63 Å². The van der Waals surface area contributed by atoms with E-state index in [-0.39, 0.29) is 0 Å². The summed E-state index contributed by atoms with van der Waals surface area (Å²) in [7, 11) is 0. The molecule has 0 atom stereocenters. The molecule has 1 heterocycles. The van der Waals surface area contributed by atoms with E-state index in [1.165, 1.54) is 12.8 Å². The van der Waals surface area contributed by atoms with Gasteiger partial charge >= 0.3 is 0 Å². The Morgan fingerprint density at radius 3 is 2.88 bits per heavy atom. The van der Waals surface area contributed by atoms with Crippen LogP contribution in [0.5, 0.6) is 0 Å². The minimum atomic E-state index is 0.293. The Kier molecular flexibility index (Phi) is 3.96. The van der Waals surface area contributed by atoms with Crippen LogP contribution >= 0.6 is 0 Å². The number of nitrogens with zero attached hydrogens (tertiary/aromatic N) is 2. The summed E-state index contributed by atoms with van der Waals surface area (Å²) in [6, 6.07) is 2.73. The van der Waals surface area contributed by atoms with Crippen molar-refractivity contribution in [3.63, 3.8) is 0 Å². The van der Waals surface area contributed by atoms with E-state index in [9.17, 15) is 0 Å². The van der Waals surface area contributed by atoms with Gasteiger partial charge in [-0.15, -0.1) is 0 Å². The topological polar surface area (TPSA) is 49.5 Å². The SMILES string of the molecule is Cc1cc(CN(CCCCO)C2CC2)no1. The average molecular weight is 224 g/mol. The van der Waals surface area contributed by atoms with Crippen LogP contribution < -0.4 is 0 Å². The van der Waals surface area contributed by atoms with E-state index in [1.807, 2.05) is 13.0 Å². The number of rotatable bonds is 7. The van der Waals surface area contributed by atoms with Crippen molar-refractivity contribution in [1.82, 2.24) is 10.1 Å². The van der Waals surface area contributed by atoms with Crippen molar-refractivity contribution in [1.29, 1.82) is 0 Å². The molecular weight excluding hydrogens is 204 g/mol. The molecule has 16 heavy (non-hydrogen) atoms. The summed E-state index contributed by atoms with van der Waals surface area (Å²) in [6.45, 7) is 4.15. The van der Waals surface area contributed by atoms with Gasteiger partial charge in [0.1, 0.15) is 5.76 Å². The first kappa shape index (κ1) is 11.6. The third kappa shape index (κ3) is 3.32. The Balaban J connectivity index is 1.82. The van der Waals surface area contributed by atoms with Crippen molar-refractivity contribution in [3.05, 3.63) is 17.5 Å². The molecule has 0 amide bonds. The molecular formula is C12H20N2O2. The summed E-state index contributed by atoms with van der Waals surface area (Å²) in [6.07, 6.45) is 4.55. The first-order valence-corrected chi connectivity index (χ1v) is 6.06. The van der Waals surface area contributed by atoms with Crippen molar-refractivity contribution in [3.8, 4) is 0 Å². The van der Waals surface area contributed by atoms with Gasteiger partial charge in [0.2, 0.25) is 0 Å². The third-order valence-electron chi connectivity index (χ3n) is 2.96. The Labute approximate surface area is 96.2 Å². The van der Waals surface area contributed by atoms with Crippen molar-refractivity contribution < 1.29 is 9.63 Å². The van der Waals surface area contributed by atoms with Gasteiger partial charge in [-0.3, -0.25) is 4.90 Å². The molecule has 0 saturated heterocycles. The molecule has 4 nitrogen and oxygen atoms in total. The highest BCUT2D eigenvalue weighted by molar-refractivity contribution is 5.04. The minimum absolute atomic E-state index is 0.293. The molecule has 0 aliphatic heterocycles. The van der Waals surface area contributed by atoms with Crippen LogP contribution in [0.15, 0.2) is 10.6 Å². The maximum Gasteiger partial charge on any atom is 0.133 e. The number of hydrogen-bond acceptors (Lipinski definition) is 4. The monoisotopic (exact) mass is 224 g/mol. The first-order chi connectivity index (χ1) is 7.79. The third-order valence-corrected chi connectivity index (χ3v) is 2.96. The Morgan fingerprint density at radius 1 is 1.50 bits per heavy atom. The van der Waals surface area contributed by atoms with Gasteiger partial charge in [-0.2, -0.15) is 0 Å². The van der Waals surface area contributed by atoms with E-state index in [0.717, 1.165) is 43.4 Å². The van der Waals surface area contributed by atoms with Crippen LogP contribution in [0.1, 0.15) is 37.1 Å². The fourth-order valence-corrected chi connectivity index (χ4v) is 1.96. The molecule has 0 aromatic carbocycles. The standard InChI is InChI=1S/C12H20N2O2/c1-10-8-11(13-16-10)9-14(12-4-5-12)6-2-3-7-15/h8,12,15H,2-7,9H2,1H3. The highest BCUT2D eigenvalue weighted by Gasteiger charge is 2.28. The molecule has 1 aliphatic carbocycles. The summed E-state index contributed by atoms with van der Waals surface area (Å²) < 4.78 is 5.07. The molecule has 0 radical (unpaired) electrons. The molecule has 1 aromatic heterocycles. The van der Waals surface area contributed by atoms with Crippen molar-refractivity contribution in [2.24, 2.45) is 0 Å². The van der Waals surface area contributed by atoms with Gasteiger partial charge in [-0.1, -0.05) is 5.16 Å². The number of aliphatic hydroxyl groups is 1. The lowest BCUT2D eigenvalue weighted by atomic mass is 10.2. The van der Waals surface area contributed by atoms with Crippen molar-refractivity contribution in [2.45, 2.75) is 45.2 Å². The minimum Gasteiger partial charge on any atom is -0.396 e. The zero-order valence-corrected chi connectivity index (χ0v) is 9.85. The lowest BCUT2D eigenvalue weighted by Gasteiger charge is -2.20. The summed E-state index contributed by atoms with van der Waals surface area (Å²) in [5.74, 6) is 0.876. The summed E-state index contributed by atoms with van der Waals surface area (Å²) in [5, 5.41) is 12.8. The highest BCUT2D eigenvalue weighted by Crippen LogP contribution is 2.28. The molecule has 1 saturated carbocycles. The van der Waals surface area contributed by atoms with Gasteiger partial charge in [-0.25, -0.2) is 0 Å². The zero-order chi connectivity index (χ0) is 11.4. The first-order valence-electron chi connectivity index (χ1n) is 6.06. The number of aliphatic hydroxyl groups excluding tert-OH is 1. The molecule has 90 valence electrons. The molecule has 1 aliphatic rings. The lowest BCUT2D eigenvalue weighted by molar-refractivity contribution is 0.223. The van der Waals surface area contributed by atoms with Gasteiger partial charge in [-0.05, 0) is 39.2 Å². The average Bonchev–Trinajstić information content (AvgIpc) is 3.02. The fraction of sp³-hybridized carbons (Fsp3) is 0.750. The molecule has 1 aromatic rings. The smallest absolute Gasteiger partial charge is 0.133 e. The predicted octanol–water partition coefficient (Wildman–Crippen LogP) is 1.72. The van der Waals surface area contributed by atoms with Crippen LogP contribution in [0.2, 0.25) is 0 Å². The molecule has 1 N–H and O–H groups in total. The van der Waals surface area contributed by atoms with Gasteiger partial charge in [0, 0.05) is 25.3 Å². The van der Waals surface area contributed by atoms with Crippen LogP contribution in [-0.2, 0) is 6.54 Å². The Morgan fingerprint density at radius 2 is 2.31 bits per heavy atom. The van der Waals surface area contributed by atoms with E-state index in [1.54, 1.807) is 0 Å². The van der Waals surface area contributed by atoms with Gasteiger partial charge in [0.15, 0.2) is 0 Å². The molecule has 0 bridgehead atoms. The largest absolute Gasteiger partial charge is 0.396 e. The normalized spacial score (nSPS) is 15.9. The Hall–Kier alpha value is -0.870. The van der Waals surface area contributed by atoms with Crippen LogP contribution in [0.3, 0.4) is 0 Å². The van der Waals surface area contributed by atoms with Crippen molar-refractivity contribution in [2.75, 3.05) is 13.2 Å². The van der Waals surface area contributed by atoms with E-state index in [0.29, 0.717) is 6.61 Å². The number of aromatic nitrogens is 1. The van der Waals surface area contributed by atoms with Crippen molar-refractivity contribution >= 4 is 0 Å². The quantitative estimate of drug-likeness (QED) is 0.716. The van der Waals surface area contributed by atoms with Crippen LogP contribution in [0, 0.1) is 6.92 Å². The van der Waals surface area contributed by atoms with Crippen LogP contribution in [-0.4, -0.2) is 34.4 Å². The summed E-state index contributed by atoms with van der Waals surface area (Å²) in [4.78, 5) is 2.45. The number of unbranched alkanes of at least 4 members (excludes halogenated alkanes) is 1. The lowest BCUT2D eigenvalue weighted by Crippen LogP contribution is -2.27. The molecule has 1 fully saturated rings. The highest BCUT2D eigenvalue weighted by atomic mass is 16.5. The Bertz CT molecular complexity index is 321. The maximum atomic E-state index is 8.78. The molecule has 4 heteroatoms. The van der Waals surface area contributed by atoms with E-state index in [2.05, 4.69) is 10.1 Å². The maximum absolute atomic E-state index is 8.78.